The van der Waals surface area contributed by atoms with E-state index >= 15 is 0 Å². The number of rotatable bonds is 5. The molecule has 0 saturated carbocycles. The van der Waals surface area contributed by atoms with Gasteiger partial charge in [-0.15, -0.1) is 0 Å². The Labute approximate surface area is 146 Å². The topological polar surface area (TPSA) is 63.6 Å². The lowest BCUT2D eigenvalue weighted by Gasteiger charge is -2.24. The summed E-state index contributed by atoms with van der Waals surface area (Å²) in [5.74, 6) is 0.334. The van der Waals surface area contributed by atoms with Crippen LogP contribution in [0.1, 0.15) is 37.7 Å². The second-order valence-electron chi connectivity index (χ2n) is 6.04. The summed E-state index contributed by atoms with van der Waals surface area (Å²) in [6.07, 6.45) is 0.953. The molecule has 4 heteroatoms. The molecule has 1 aliphatic carbocycles. The van der Waals surface area contributed by atoms with Crippen molar-refractivity contribution >= 4 is 11.6 Å². The fraction of sp³-hybridized carbons (Fsp3) is 0.238. The van der Waals surface area contributed by atoms with Crippen molar-refractivity contribution < 1.29 is 19.4 Å². The summed E-state index contributed by atoms with van der Waals surface area (Å²) in [4.78, 5) is 24.0. The predicted molar refractivity (Wildman–Crippen MR) is 94.9 cm³/mol. The van der Waals surface area contributed by atoms with E-state index in [4.69, 9.17) is 4.74 Å². The number of hydrogen-bond donors (Lipinski definition) is 1. The smallest absolute Gasteiger partial charge is 0.169 e. The standard InChI is InChI=1S/C21H20O4/c1-2-18(22)20-19(23)12-11-17(21(20)24)14-7-6-10-16(13-14)25-15-8-4-3-5-9-15/h3-10,13,17,24H,2,11-12H2,1H3/t17-/m1/s1. The summed E-state index contributed by atoms with van der Waals surface area (Å²) in [5.41, 5.74) is 0.799. The van der Waals surface area contributed by atoms with Gasteiger partial charge in [0.2, 0.25) is 0 Å². The summed E-state index contributed by atoms with van der Waals surface area (Å²) in [5, 5.41) is 10.5. The highest BCUT2D eigenvalue weighted by Gasteiger charge is 2.32. The lowest BCUT2D eigenvalue weighted by Crippen LogP contribution is -2.23. The maximum atomic E-state index is 12.0. The van der Waals surface area contributed by atoms with Crippen molar-refractivity contribution in [2.75, 3.05) is 0 Å². The average molecular weight is 336 g/mol. The third-order valence-corrected chi connectivity index (χ3v) is 4.36. The Bertz CT molecular complexity index is 821. The largest absolute Gasteiger partial charge is 0.511 e. The van der Waals surface area contributed by atoms with E-state index < -0.39 is 0 Å². The molecule has 0 spiro atoms. The number of benzene rings is 2. The highest BCUT2D eigenvalue weighted by atomic mass is 16.5. The quantitative estimate of drug-likeness (QED) is 0.803. The van der Waals surface area contributed by atoms with Gasteiger partial charge in [0.25, 0.3) is 0 Å². The summed E-state index contributed by atoms with van der Waals surface area (Å²) in [7, 11) is 0. The maximum absolute atomic E-state index is 12.0. The first-order valence-corrected chi connectivity index (χ1v) is 8.42. The van der Waals surface area contributed by atoms with Gasteiger partial charge in [0.15, 0.2) is 11.6 Å². The van der Waals surface area contributed by atoms with Crippen molar-refractivity contribution in [1.29, 1.82) is 0 Å². The van der Waals surface area contributed by atoms with Gasteiger partial charge in [-0.25, -0.2) is 0 Å². The molecule has 0 unspecified atom stereocenters. The molecular formula is C21H20O4. The molecule has 0 bridgehead atoms. The molecule has 2 aromatic carbocycles. The molecule has 25 heavy (non-hydrogen) atoms. The number of Topliss-reactive ketones (excluding diaryl/α,β-unsaturated/α-hetero) is 2. The minimum Gasteiger partial charge on any atom is -0.511 e. The molecule has 0 aromatic heterocycles. The van der Waals surface area contributed by atoms with Gasteiger partial charge in [-0.05, 0) is 36.2 Å². The van der Waals surface area contributed by atoms with Gasteiger partial charge >= 0.3 is 0 Å². The highest BCUT2D eigenvalue weighted by molar-refractivity contribution is 6.21. The van der Waals surface area contributed by atoms with Crippen LogP contribution in [-0.4, -0.2) is 16.7 Å². The monoisotopic (exact) mass is 336 g/mol. The Morgan fingerprint density at radius 3 is 2.56 bits per heavy atom. The van der Waals surface area contributed by atoms with E-state index in [1.165, 1.54) is 0 Å². The average Bonchev–Trinajstić information content (AvgIpc) is 2.62. The number of aliphatic hydroxyl groups is 1. The maximum Gasteiger partial charge on any atom is 0.169 e. The number of allylic oxidation sites excluding steroid dienone is 2. The SMILES string of the molecule is CCC(=O)C1=C(O)[C@@H](c2cccc(Oc3ccccc3)c2)CCC1=O. The van der Waals surface area contributed by atoms with Crippen molar-refractivity contribution in [1.82, 2.24) is 0 Å². The van der Waals surface area contributed by atoms with Crippen LogP contribution in [0, 0.1) is 0 Å². The molecule has 2 aromatic rings. The van der Waals surface area contributed by atoms with Crippen molar-refractivity contribution in [2.45, 2.75) is 32.1 Å². The van der Waals surface area contributed by atoms with Crippen molar-refractivity contribution in [3.8, 4) is 11.5 Å². The summed E-state index contributed by atoms with van der Waals surface area (Å²) in [6.45, 7) is 1.69. The molecule has 1 atom stereocenters. The van der Waals surface area contributed by atoms with Crippen LogP contribution >= 0.6 is 0 Å². The van der Waals surface area contributed by atoms with Crippen LogP contribution in [0.3, 0.4) is 0 Å². The summed E-state index contributed by atoms with van der Waals surface area (Å²) < 4.78 is 5.83. The van der Waals surface area contributed by atoms with Gasteiger partial charge in [0.05, 0.1) is 5.57 Å². The first-order valence-electron chi connectivity index (χ1n) is 8.42. The molecule has 3 rings (SSSR count). The molecule has 0 radical (unpaired) electrons. The molecule has 0 fully saturated rings. The molecule has 128 valence electrons. The number of aliphatic hydroxyl groups excluding tert-OH is 1. The zero-order valence-corrected chi connectivity index (χ0v) is 14.1. The van der Waals surface area contributed by atoms with Crippen LogP contribution < -0.4 is 4.74 Å². The van der Waals surface area contributed by atoms with E-state index in [9.17, 15) is 14.7 Å². The van der Waals surface area contributed by atoms with Crippen LogP contribution in [0.15, 0.2) is 65.9 Å². The zero-order chi connectivity index (χ0) is 17.8. The first kappa shape index (κ1) is 17.0. The molecule has 0 heterocycles. The third-order valence-electron chi connectivity index (χ3n) is 4.36. The number of carbonyl (C=O) groups excluding carboxylic acids is 2. The Kier molecular flexibility index (Phi) is 4.98. The third kappa shape index (κ3) is 3.63. The van der Waals surface area contributed by atoms with E-state index in [1.807, 2.05) is 54.6 Å². The van der Waals surface area contributed by atoms with Crippen molar-refractivity contribution in [3.05, 3.63) is 71.5 Å². The molecule has 0 amide bonds. The van der Waals surface area contributed by atoms with Crippen LogP contribution in [0.4, 0.5) is 0 Å². The molecule has 1 aliphatic rings. The second kappa shape index (κ2) is 7.34. The fourth-order valence-corrected chi connectivity index (χ4v) is 3.07. The van der Waals surface area contributed by atoms with Crippen molar-refractivity contribution in [3.63, 3.8) is 0 Å². The minimum atomic E-state index is -0.359. The van der Waals surface area contributed by atoms with Gasteiger partial charge in [-0.2, -0.15) is 0 Å². The number of hydrogen-bond acceptors (Lipinski definition) is 4. The van der Waals surface area contributed by atoms with Crippen LogP contribution in [-0.2, 0) is 9.59 Å². The van der Waals surface area contributed by atoms with E-state index in [2.05, 4.69) is 0 Å². The molecule has 0 aliphatic heterocycles. The van der Waals surface area contributed by atoms with Crippen molar-refractivity contribution in [2.24, 2.45) is 0 Å². The first-order chi connectivity index (χ1) is 12.1. The predicted octanol–water partition coefficient (Wildman–Crippen LogP) is 4.72. The van der Waals surface area contributed by atoms with Crippen LogP contribution in [0.25, 0.3) is 0 Å². The molecule has 4 nitrogen and oxygen atoms in total. The van der Waals surface area contributed by atoms with Crippen LogP contribution in [0.5, 0.6) is 11.5 Å². The molecular weight excluding hydrogens is 316 g/mol. The molecule has 1 N–H and O–H groups in total. The Balaban J connectivity index is 1.91. The van der Waals surface area contributed by atoms with E-state index in [1.54, 1.807) is 6.92 Å². The Hall–Kier alpha value is -2.88. The van der Waals surface area contributed by atoms with Crippen LogP contribution in [0.2, 0.25) is 0 Å². The number of ether oxygens (including phenoxy) is 1. The lowest BCUT2D eigenvalue weighted by atomic mass is 9.81. The Morgan fingerprint density at radius 2 is 1.84 bits per heavy atom. The second-order valence-corrected chi connectivity index (χ2v) is 6.04. The normalized spacial score (nSPS) is 17.5. The summed E-state index contributed by atoms with van der Waals surface area (Å²) in [6, 6.07) is 16.8. The van der Waals surface area contributed by atoms with Gasteiger partial charge < -0.3 is 9.84 Å². The van der Waals surface area contributed by atoms with Gasteiger partial charge in [-0.3, -0.25) is 9.59 Å². The highest BCUT2D eigenvalue weighted by Crippen LogP contribution is 2.37. The van der Waals surface area contributed by atoms with Gasteiger partial charge in [0, 0.05) is 18.8 Å². The van der Waals surface area contributed by atoms with Gasteiger partial charge in [0.1, 0.15) is 17.3 Å². The lowest BCUT2D eigenvalue weighted by molar-refractivity contribution is -0.122. The van der Waals surface area contributed by atoms with E-state index in [0.29, 0.717) is 12.2 Å². The fourth-order valence-electron chi connectivity index (χ4n) is 3.07. The number of para-hydroxylation sites is 1. The number of ketones is 2. The number of carbonyl (C=O) groups is 2. The Morgan fingerprint density at radius 1 is 1.12 bits per heavy atom. The van der Waals surface area contributed by atoms with Gasteiger partial charge in [-0.1, -0.05) is 37.3 Å². The zero-order valence-electron chi connectivity index (χ0n) is 14.1. The summed E-state index contributed by atoms with van der Waals surface area (Å²) >= 11 is 0. The van der Waals surface area contributed by atoms with E-state index in [0.717, 1.165) is 11.3 Å². The molecule has 0 saturated heterocycles. The minimum absolute atomic E-state index is 0.0341. The van der Waals surface area contributed by atoms with E-state index in [-0.39, 0.29) is 41.7 Å².